The molecule has 1 atom stereocenters. The highest BCUT2D eigenvalue weighted by Crippen LogP contribution is 2.39. The Morgan fingerprint density at radius 1 is 1.35 bits per heavy atom. The predicted molar refractivity (Wildman–Crippen MR) is 76.8 cm³/mol. The molecule has 17 heavy (non-hydrogen) atoms. The highest BCUT2D eigenvalue weighted by atomic mass is 14.8. The van der Waals surface area contributed by atoms with Crippen molar-refractivity contribution in [3.63, 3.8) is 0 Å². The van der Waals surface area contributed by atoms with E-state index >= 15 is 0 Å². The van der Waals surface area contributed by atoms with Gasteiger partial charge in [0.15, 0.2) is 0 Å². The minimum absolute atomic E-state index is 0.700. The Hall–Kier alpha value is -1.24. The highest BCUT2D eigenvalue weighted by molar-refractivity contribution is 5.40. The second kappa shape index (κ2) is 7.16. The normalized spacial score (nSPS) is 26.4. The maximum absolute atomic E-state index is 3.16. The van der Waals surface area contributed by atoms with Crippen LogP contribution in [0.25, 0.3) is 0 Å². The van der Waals surface area contributed by atoms with E-state index in [1.165, 1.54) is 24.0 Å². The Bertz CT molecular complexity index is 356. The van der Waals surface area contributed by atoms with Crippen LogP contribution in [-0.2, 0) is 0 Å². The average molecular weight is 231 g/mol. The first-order chi connectivity index (χ1) is 8.22. The van der Waals surface area contributed by atoms with Gasteiger partial charge in [-0.05, 0) is 56.4 Å². The summed E-state index contributed by atoms with van der Waals surface area (Å²) >= 11 is 0. The molecule has 1 N–H and O–H groups in total. The molecule has 1 heteroatoms. The van der Waals surface area contributed by atoms with Crippen molar-refractivity contribution in [3.8, 4) is 0 Å². The van der Waals surface area contributed by atoms with E-state index in [9.17, 15) is 0 Å². The zero-order valence-electron chi connectivity index (χ0n) is 11.6. The van der Waals surface area contributed by atoms with Gasteiger partial charge in [0.25, 0.3) is 0 Å². The highest BCUT2D eigenvalue weighted by Gasteiger charge is 2.24. The minimum atomic E-state index is 0.700. The standard InChI is InChI=1S/C16H25N/c1-5-7-9-14-10-15(13(3)8-6-2)11-16(14)12-17-4/h5,7-9,12,15,17H,6,10-11H2,1-4H3/b7-5-,13-8+,14-9-,16-12+. The molecule has 0 spiro atoms. The van der Waals surface area contributed by atoms with Crippen LogP contribution in [0.3, 0.4) is 0 Å². The Labute approximate surface area is 106 Å². The van der Waals surface area contributed by atoms with Gasteiger partial charge in [-0.3, -0.25) is 0 Å². The van der Waals surface area contributed by atoms with Gasteiger partial charge in [-0.15, -0.1) is 0 Å². The van der Waals surface area contributed by atoms with Gasteiger partial charge in [0.05, 0.1) is 0 Å². The van der Waals surface area contributed by atoms with Crippen LogP contribution in [-0.4, -0.2) is 7.05 Å². The largest absolute Gasteiger partial charge is 0.394 e. The lowest BCUT2D eigenvalue weighted by Crippen LogP contribution is -1.97. The molecule has 1 rings (SSSR count). The van der Waals surface area contributed by atoms with Crippen LogP contribution in [0, 0.1) is 5.92 Å². The SMILES string of the molecule is C\C=C/C=C1/CC(/C(C)=C/CC)C/C1=C\NC. The summed E-state index contributed by atoms with van der Waals surface area (Å²) in [7, 11) is 1.97. The summed E-state index contributed by atoms with van der Waals surface area (Å²) < 4.78 is 0. The predicted octanol–water partition coefficient (Wildman–Crippen LogP) is 4.36. The maximum Gasteiger partial charge on any atom is 0.00278 e. The fraction of sp³-hybridized carbons (Fsp3) is 0.500. The molecule has 0 heterocycles. The van der Waals surface area contributed by atoms with Crippen molar-refractivity contribution < 1.29 is 0 Å². The van der Waals surface area contributed by atoms with Crippen LogP contribution in [0.4, 0.5) is 0 Å². The molecule has 1 aliphatic rings. The molecular formula is C16H25N. The molecular weight excluding hydrogens is 206 g/mol. The lowest BCUT2D eigenvalue weighted by Gasteiger charge is -2.08. The summed E-state index contributed by atoms with van der Waals surface area (Å²) in [6.07, 6.45) is 14.5. The topological polar surface area (TPSA) is 12.0 Å². The molecule has 0 aliphatic heterocycles. The first-order valence-electron chi connectivity index (χ1n) is 6.58. The van der Waals surface area contributed by atoms with E-state index in [0.717, 1.165) is 6.42 Å². The molecule has 0 aromatic rings. The first-order valence-corrected chi connectivity index (χ1v) is 6.58. The van der Waals surface area contributed by atoms with Crippen LogP contribution in [0.15, 0.2) is 47.2 Å². The van der Waals surface area contributed by atoms with Crippen molar-refractivity contribution in [1.82, 2.24) is 5.32 Å². The second-order valence-corrected chi connectivity index (χ2v) is 4.64. The number of hydrogen-bond donors (Lipinski definition) is 1. The zero-order valence-corrected chi connectivity index (χ0v) is 11.6. The fourth-order valence-corrected chi connectivity index (χ4v) is 2.39. The summed E-state index contributed by atoms with van der Waals surface area (Å²) in [6, 6.07) is 0. The van der Waals surface area contributed by atoms with Gasteiger partial charge in [0.2, 0.25) is 0 Å². The maximum atomic E-state index is 3.16. The molecule has 0 aromatic carbocycles. The lowest BCUT2D eigenvalue weighted by atomic mass is 9.97. The Balaban J connectivity index is 2.86. The monoisotopic (exact) mass is 231 g/mol. The van der Waals surface area contributed by atoms with Crippen LogP contribution in [0.1, 0.15) is 40.0 Å². The molecule has 0 bridgehead atoms. The van der Waals surface area contributed by atoms with E-state index in [1.807, 2.05) is 7.05 Å². The van der Waals surface area contributed by atoms with E-state index in [1.54, 1.807) is 5.57 Å². The molecule has 0 aromatic heterocycles. The molecule has 0 amide bonds. The third kappa shape index (κ3) is 3.92. The van der Waals surface area contributed by atoms with Gasteiger partial charge < -0.3 is 5.32 Å². The van der Waals surface area contributed by atoms with E-state index in [4.69, 9.17) is 0 Å². The van der Waals surface area contributed by atoms with Crippen molar-refractivity contribution >= 4 is 0 Å². The Morgan fingerprint density at radius 2 is 2.06 bits per heavy atom. The molecule has 0 saturated heterocycles. The van der Waals surface area contributed by atoms with Crippen LogP contribution in [0.2, 0.25) is 0 Å². The number of rotatable bonds is 4. The molecule has 1 saturated carbocycles. The molecule has 94 valence electrons. The quantitative estimate of drug-likeness (QED) is 0.709. The van der Waals surface area contributed by atoms with E-state index in [2.05, 4.69) is 56.6 Å². The van der Waals surface area contributed by atoms with Gasteiger partial charge in [-0.25, -0.2) is 0 Å². The van der Waals surface area contributed by atoms with Gasteiger partial charge in [-0.2, -0.15) is 0 Å². The summed E-state index contributed by atoms with van der Waals surface area (Å²) in [6.45, 7) is 6.54. The molecule has 1 fully saturated rings. The van der Waals surface area contributed by atoms with Crippen LogP contribution >= 0.6 is 0 Å². The Kier molecular flexibility index (Phi) is 5.82. The summed E-state index contributed by atoms with van der Waals surface area (Å²) in [5.74, 6) is 0.700. The fourth-order valence-electron chi connectivity index (χ4n) is 2.39. The minimum Gasteiger partial charge on any atom is -0.394 e. The lowest BCUT2D eigenvalue weighted by molar-refractivity contribution is 0.667. The smallest absolute Gasteiger partial charge is 0.00278 e. The van der Waals surface area contributed by atoms with Crippen molar-refractivity contribution in [2.75, 3.05) is 7.05 Å². The molecule has 1 aliphatic carbocycles. The number of allylic oxidation sites excluding steroid dienone is 7. The van der Waals surface area contributed by atoms with Crippen LogP contribution in [0.5, 0.6) is 0 Å². The summed E-state index contributed by atoms with van der Waals surface area (Å²) in [5.41, 5.74) is 4.48. The van der Waals surface area contributed by atoms with E-state index in [0.29, 0.717) is 5.92 Å². The summed E-state index contributed by atoms with van der Waals surface area (Å²) in [4.78, 5) is 0. The number of hydrogen-bond acceptors (Lipinski definition) is 1. The van der Waals surface area contributed by atoms with Gasteiger partial charge in [0, 0.05) is 7.05 Å². The van der Waals surface area contributed by atoms with Crippen molar-refractivity contribution in [3.05, 3.63) is 47.2 Å². The third-order valence-electron chi connectivity index (χ3n) is 3.32. The second-order valence-electron chi connectivity index (χ2n) is 4.64. The van der Waals surface area contributed by atoms with Crippen molar-refractivity contribution in [2.24, 2.45) is 5.92 Å². The van der Waals surface area contributed by atoms with Crippen molar-refractivity contribution in [1.29, 1.82) is 0 Å². The van der Waals surface area contributed by atoms with Gasteiger partial charge in [-0.1, -0.05) is 36.8 Å². The zero-order chi connectivity index (χ0) is 12.7. The van der Waals surface area contributed by atoms with Crippen LogP contribution < -0.4 is 5.32 Å². The van der Waals surface area contributed by atoms with Gasteiger partial charge in [0.1, 0.15) is 0 Å². The molecule has 1 nitrogen and oxygen atoms in total. The first kappa shape index (κ1) is 13.8. The van der Waals surface area contributed by atoms with Gasteiger partial charge >= 0.3 is 0 Å². The molecule has 1 unspecified atom stereocenters. The molecule has 0 radical (unpaired) electrons. The third-order valence-corrected chi connectivity index (χ3v) is 3.32. The number of nitrogens with one attached hydrogen (secondary N) is 1. The summed E-state index contributed by atoms with van der Waals surface area (Å²) in [5, 5.41) is 3.16. The Morgan fingerprint density at radius 3 is 2.65 bits per heavy atom. The van der Waals surface area contributed by atoms with E-state index in [-0.39, 0.29) is 0 Å². The average Bonchev–Trinajstić information content (AvgIpc) is 2.71. The van der Waals surface area contributed by atoms with E-state index < -0.39 is 0 Å². The van der Waals surface area contributed by atoms with Crippen molar-refractivity contribution in [2.45, 2.75) is 40.0 Å².